The largest absolute Gasteiger partial charge is 0.337 e. The molecule has 2 aromatic rings. The van der Waals surface area contributed by atoms with Crippen molar-refractivity contribution in [2.45, 2.75) is 19.8 Å². The molecular weight excluding hydrogens is 371 g/mol. The Morgan fingerprint density at radius 1 is 1.30 bits per heavy atom. The number of para-hydroxylation sites is 1. The van der Waals surface area contributed by atoms with Gasteiger partial charge < -0.3 is 10.2 Å². The fourth-order valence-electron chi connectivity index (χ4n) is 3.34. The van der Waals surface area contributed by atoms with E-state index in [1.807, 2.05) is 7.05 Å². The fourth-order valence-corrected chi connectivity index (χ4v) is 3.34. The van der Waals surface area contributed by atoms with Gasteiger partial charge in [0.25, 0.3) is 5.91 Å². The van der Waals surface area contributed by atoms with Gasteiger partial charge in [-0.1, -0.05) is 12.1 Å². The quantitative estimate of drug-likeness (QED) is 0.863. The third kappa shape index (κ3) is 4.54. The molecule has 1 amide bonds. The number of rotatable bonds is 4. The highest BCUT2D eigenvalue weighted by atomic mass is 35.5. The minimum absolute atomic E-state index is 0. The average molecular weight is 395 g/mol. The molecule has 8 heteroatoms. The molecule has 1 saturated heterocycles. The van der Waals surface area contributed by atoms with Crippen LogP contribution in [0.15, 0.2) is 35.1 Å². The molecule has 3 rings (SSSR count). The lowest BCUT2D eigenvalue weighted by atomic mass is 9.96. The van der Waals surface area contributed by atoms with Gasteiger partial charge in [-0.15, -0.1) is 12.4 Å². The van der Waals surface area contributed by atoms with Crippen LogP contribution in [0.25, 0.3) is 5.69 Å². The molecule has 27 heavy (non-hydrogen) atoms. The second-order valence-corrected chi connectivity index (χ2v) is 6.66. The second kappa shape index (κ2) is 9.10. The Labute approximate surface area is 163 Å². The number of nitrogens with zero attached hydrogens (tertiary/aromatic N) is 3. The summed E-state index contributed by atoms with van der Waals surface area (Å²) < 4.78 is 15.4. The van der Waals surface area contributed by atoms with Crippen LogP contribution in [0.2, 0.25) is 0 Å². The van der Waals surface area contributed by atoms with Gasteiger partial charge in [0.15, 0.2) is 5.69 Å². The van der Waals surface area contributed by atoms with Crippen LogP contribution in [0.1, 0.15) is 29.0 Å². The highest BCUT2D eigenvalue weighted by molar-refractivity contribution is 5.92. The molecule has 1 N–H and O–H groups in total. The smallest absolute Gasteiger partial charge is 0.278 e. The van der Waals surface area contributed by atoms with Crippen molar-refractivity contribution in [3.05, 3.63) is 57.8 Å². The summed E-state index contributed by atoms with van der Waals surface area (Å²) in [5, 5.41) is 7.35. The lowest BCUT2D eigenvalue weighted by Crippen LogP contribution is -2.42. The monoisotopic (exact) mass is 394 g/mol. The maximum absolute atomic E-state index is 14.1. The number of halogens is 2. The number of carbonyl (C=O) groups is 1. The Balaban J connectivity index is 0.00000261. The zero-order chi connectivity index (χ0) is 18.7. The summed E-state index contributed by atoms with van der Waals surface area (Å²) in [4.78, 5) is 26.8. The normalized spacial score (nSPS) is 14.7. The van der Waals surface area contributed by atoms with E-state index in [9.17, 15) is 14.0 Å². The Bertz CT molecular complexity index is 863. The summed E-state index contributed by atoms with van der Waals surface area (Å²) in [6.07, 6.45) is 1.78. The van der Waals surface area contributed by atoms with Crippen molar-refractivity contribution < 1.29 is 9.18 Å². The van der Waals surface area contributed by atoms with Crippen molar-refractivity contribution in [2.75, 3.05) is 26.7 Å². The van der Waals surface area contributed by atoms with E-state index in [-0.39, 0.29) is 29.7 Å². The summed E-state index contributed by atoms with van der Waals surface area (Å²) >= 11 is 0. The van der Waals surface area contributed by atoms with E-state index in [1.165, 1.54) is 16.8 Å². The number of carbonyl (C=O) groups excluding carboxylic acids is 1. The van der Waals surface area contributed by atoms with Gasteiger partial charge >= 0.3 is 0 Å². The molecule has 0 aliphatic carbocycles. The van der Waals surface area contributed by atoms with Crippen LogP contribution in [0.5, 0.6) is 0 Å². The maximum atomic E-state index is 14.1. The Hall–Kier alpha value is -2.25. The van der Waals surface area contributed by atoms with Crippen molar-refractivity contribution in [1.82, 2.24) is 20.0 Å². The van der Waals surface area contributed by atoms with Gasteiger partial charge in [0, 0.05) is 24.8 Å². The fraction of sp³-hybridized carbons (Fsp3) is 0.421. The maximum Gasteiger partial charge on any atom is 0.278 e. The molecule has 1 fully saturated rings. The molecule has 0 unspecified atom stereocenters. The predicted molar refractivity (Wildman–Crippen MR) is 104 cm³/mol. The molecule has 0 spiro atoms. The van der Waals surface area contributed by atoms with E-state index in [0.717, 1.165) is 19.4 Å². The number of benzene rings is 1. The Morgan fingerprint density at radius 3 is 2.59 bits per heavy atom. The highest BCUT2D eigenvalue weighted by Gasteiger charge is 2.26. The summed E-state index contributed by atoms with van der Waals surface area (Å²) in [5.74, 6) is -0.314. The van der Waals surface area contributed by atoms with Gasteiger partial charge in [-0.2, -0.15) is 5.10 Å². The van der Waals surface area contributed by atoms with Gasteiger partial charge in [0.2, 0.25) is 5.43 Å². The molecule has 1 aliphatic rings. The summed E-state index contributed by atoms with van der Waals surface area (Å²) in [5.41, 5.74) is 0.0968. The molecule has 2 heterocycles. The third-order valence-electron chi connectivity index (χ3n) is 4.79. The number of nitrogens with one attached hydrogen (secondary N) is 1. The third-order valence-corrected chi connectivity index (χ3v) is 4.79. The highest BCUT2D eigenvalue weighted by Crippen LogP contribution is 2.18. The number of aryl methyl sites for hydroxylation is 1. The first-order valence-corrected chi connectivity index (χ1v) is 8.81. The van der Waals surface area contributed by atoms with E-state index < -0.39 is 11.2 Å². The molecule has 6 nitrogen and oxygen atoms in total. The first-order chi connectivity index (χ1) is 12.5. The van der Waals surface area contributed by atoms with E-state index in [4.69, 9.17) is 0 Å². The van der Waals surface area contributed by atoms with E-state index in [0.29, 0.717) is 24.7 Å². The average Bonchev–Trinajstić information content (AvgIpc) is 2.63. The standard InChI is InChI=1S/C19H23FN4O2.ClH/c1-13-11-17(25)18(22-24(13)16-6-4-3-5-15(16)20)19(26)23-9-7-14(8-10-23)12-21-2;/h3-6,11,14,21H,7-10,12H2,1-2H3;1H. The topological polar surface area (TPSA) is 67.2 Å². The first kappa shape index (κ1) is 21.1. The van der Waals surface area contributed by atoms with Crippen LogP contribution < -0.4 is 10.7 Å². The lowest BCUT2D eigenvalue weighted by molar-refractivity contribution is 0.0681. The van der Waals surface area contributed by atoms with E-state index >= 15 is 0 Å². The van der Waals surface area contributed by atoms with Crippen LogP contribution in [0.3, 0.4) is 0 Å². The van der Waals surface area contributed by atoms with Crippen molar-refractivity contribution in [3.63, 3.8) is 0 Å². The molecule has 0 bridgehead atoms. The second-order valence-electron chi connectivity index (χ2n) is 6.66. The van der Waals surface area contributed by atoms with Crippen molar-refractivity contribution in [3.8, 4) is 5.69 Å². The first-order valence-electron chi connectivity index (χ1n) is 8.81. The number of piperidine rings is 1. The van der Waals surface area contributed by atoms with E-state index in [2.05, 4.69) is 10.4 Å². The van der Waals surface area contributed by atoms with E-state index in [1.54, 1.807) is 30.0 Å². The van der Waals surface area contributed by atoms with Crippen molar-refractivity contribution in [2.24, 2.45) is 5.92 Å². The Morgan fingerprint density at radius 2 is 1.96 bits per heavy atom. The summed E-state index contributed by atoms with van der Waals surface area (Å²) in [6.45, 7) is 3.78. The van der Waals surface area contributed by atoms with Gasteiger partial charge in [0.05, 0.1) is 0 Å². The van der Waals surface area contributed by atoms with Gasteiger partial charge in [-0.05, 0) is 51.4 Å². The molecular formula is C19H24ClFN4O2. The number of hydrogen-bond acceptors (Lipinski definition) is 4. The number of hydrogen-bond donors (Lipinski definition) is 1. The predicted octanol–water partition coefficient (Wildman–Crippen LogP) is 2.17. The van der Waals surface area contributed by atoms with Gasteiger partial charge in [-0.3, -0.25) is 9.59 Å². The minimum atomic E-state index is -0.460. The Kier molecular flexibility index (Phi) is 7.10. The van der Waals surface area contributed by atoms with Crippen LogP contribution in [0, 0.1) is 18.7 Å². The van der Waals surface area contributed by atoms with Gasteiger partial charge in [0.1, 0.15) is 11.5 Å². The van der Waals surface area contributed by atoms with Crippen LogP contribution in [-0.2, 0) is 0 Å². The number of likely N-dealkylation sites (tertiary alicyclic amines) is 1. The lowest BCUT2D eigenvalue weighted by Gasteiger charge is -2.31. The number of amides is 1. The molecule has 0 atom stereocenters. The van der Waals surface area contributed by atoms with Crippen molar-refractivity contribution >= 4 is 18.3 Å². The van der Waals surface area contributed by atoms with Crippen LogP contribution >= 0.6 is 12.4 Å². The van der Waals surface area contributed by atoms with Gasteiger partial charge in [-0.25, -0.2) is 9.07 Å². The zero-order valence-electron chi connectivity index (χ0n) is 15.4. The minimum Gasteiger partial charge on any atom is -0.337 e. The molecule has 0 saturated carbocycles. The van der Waals surface area contributed by atoms with Crippen LogP contribution in [0.4, 0.5) is 4.39 Å². The number of aromatic nitrogens is 2. The van der Waals surface area contributed by atoms with Crippen LogP contribution in [-0.4, -0.2) is 47.3 Å². The molecule has 1 aromatic carbocycles. The van der Waals surface area contributed by atoms with Crippen molar-refractivity contribution in [1.29, 1.82) is 0 Å². The SMILES string of the molecule is CNCC1CCN(C(=O)c2nn(-c3ccccc3F)c(C)cc2=O)CC1.Cl. The summed E-state index contributed by atoms with van der Waals surface area (Å²) in [7, 11) is 1.92. The summed E-state index contributed by atoms with van der Waals surface area (Å²) in [6, 6.07) is 7.49. The molecule has 146 valence electrons. The zero-order valence-corrected chi connectivity index (χ0v) is 16.3. The molecule has 1 aliphatic heterocycles. The molecule has 0 radical (unpaired) electrons. The molecule has 1 aromatic heterocycles.